The summed E-state index contributed by atoms with van der Waals surface area (Å²) in [6.45, 7) is 6.45. The Balaban J connectivity index is 1.30. The summed E-state index contributed by atoms with van der Waals surface area (Å²) >= 11 is 0. The van der Waals surface area contributed by atoms with Gasteiger partial charge in [-0.3, -0.25) is 19.2 Å². The van der Waals surface area contributed by atoms with Crippen LogP contribution in [-0.4, -0.2) is 86.8 Å². The highest BCUT2D eigenvalue weighted by molar-refractivity contribution is 6.00. The Hall–Kier alpha value is -1.92. The first kappa shape index (κ1) is 25.8. The van der Waals surface area contributed by atoms with E-state index in [1.54, 1.807) is 13.8 Å². The van der Waals surface area contributed by atoms with Gasteiger partial charge in [-0.25, -0.2) is 0 Å². The van der Waals surface area contributed by atoms with Gasteiger partial charge in [0.05, 0.1) is 36.1 Å². The molecule has 8 fully saturated rings. The third kappa shape index (κ3) is 2.55. The summed E-state index contributed by atoms with van der Waals surface area (Å²) in [4.78, 5) is 54.2. The molecule has 11 heteroatoms. The molecule has 2 N–H and O–H groups in total. The second kappa shape index (κ2) is 7.16. The minimum Gasteiger partial charge on any atom is -0.459 e. The Morgan fingerprint density at radius 3 is 2.48 bits per heavy atom. The number of carbonyl (C=O) groups excluding carboxylic acids is 4. The number of fused-ring (bicyclic) bond motifs is 2. The first-order chi connectivity index (χ1) is 18.7. The summed E-state index contributed by atoms with van der Waals surface area (Å²) in [7, 11) is 0. The number of aliphatic hydroxyl groups is 2. The highest BCUT2D eigenvalue weighted by atomic mass is 16.7. The first-order valence-corrected chi connectivity index (χ1v) is 14.6. The van der Waals surface area contributed by atoms with E-state index in [1.165, 1.54) is 6.92 Å². The molecule has 6 aliphatic heterocycles. The number of hydrogen-bond acceptors (Lipinski definition) is 11. The van der Waals surface area contributed by atoms with E-state index >= 15 is 0 Å². The van der Waals surface area contributed by atoms with Crippen molar-refractivity contribution in [2.75, 3.05) is 6.61 Å². The van der Waals surface area contributed by atoms with Crippen molar-refractivity contribution in [3.63, 3.8) is 0 Å². The summed E-state index contributed by atoms with van der Waals surface area (Å²) in [5, 5.41) is 22.0. The Kier molecular flexibility index (Phi) is 4.61. The third-order valence-electron chi connectivity index (χ3n) is 12.5. The quantitative estimate of drug-likeness (QED) is 0.433. The van der Waals surface area contributed by atoms with E-state index in [0.717, 1.165) is 0 Å². The molecule has 2 aliphatic carbocycles. The van der Waals surface area contributed by atoms with Crippen LogP contribution < -0.4 is 0 Å². The van der Waals surface area contributed by atoms with Gasteiger partial charge < -0.3 is 33.9 Å². The highest BCUT2D eigenvalue weighted by Crippen LogP contribution is 2.71. The largest absolute Gasteiger partial charge is 0.459 e. The van der Waals surface area contributed by atoms with E-state index in [9.17, 15) is 29.4 Å². The third-order valence-corrected chi connectivity index (χ3v) is 12.5. The number of esters is 2. The van der Waals surface area contributed by atoms with Crippen LogP contribution in [0.15, 0.2) is 0 Å². The molecule has 8 rings (SSSR count). The van der Waals surface area contributed by atoms with Crippen molar-refractivity contribution < 1.29 is 53.1 Å². The average Bonchev–Trinajstić information content (AvgIpc) is 3.47. The van der Waals surface area contributed by atoms with Gasteiger partial charge in [-0.15, -0.1) is 0 Å². The fourth-order valence-corrected chi connectivity index (χ4v) is 10.8. The molecule has 0 radical (unpaired) electrons. The predicted octanol–water partition coefficient (Wildman–Crippen LogP) is 0.599. The number of hydrogen-bond donors (Lipinski definition) is 2. The number of carbonyl (C=O) groups is 4. The lowest BCUT2D eigenvalue weighted by atomic mass is 9.61. The van der Waals surface area contributed by atoms with Gasteiger partial charge in [0.1, 0.15) is 29.5 Å². The molecule has 2 saturated carbocycles. The van der Waals surface area contributed by atoms with Crippen molar-refractivity contribution in [1.82, 2.24) is 0 Å². The zero-order chi connectivity index (χ0) is 28.4. The molecular weight excluding hydrogens is 524 g/mol. The van der Waals surface area contributed by atoms with Crippen LogP contribution in [0.4, 0.5) is 0 Å². The van der Waals surface area contributed by atoms with Gasteiger partial charge in [-0.2, -0.15) is 0 Å². The summed E-state index contributed by atoms with van der Waals surface area (Å²) in [6.07, 6.45) is -0.634. The molecule has 6 heterocycles. The SMILES string of the molecule is C[C@@H]1C(=O)O[C@H]2[C@@H]1O[C@]13O[C@@]4(CC[C@]5(C)C(=O)[C@](C)(O)[C@H]2[C@H]15)C[C@]12OC(=O)C[C@H]1O[C@@](C)(CO)[C@@H]2CC[C@H]4C3=O. The monoisotopic (exact) mass is 560 g/mol. The van der Waals surface area contributed by atoms with Gasteiger partial charge >= 0.3 is 11.9 Å². The number of rotatable bonds is 1. The zero-order valence-corrected chi connectivity index (χ0v) is 23.1. The first-order valence-electron chi connectivity index (χ1n) is 14.6. The van der Waals surface area contributed by atoms with Gasteiger partial charge in [0.2, 0.25) is 5.79 Å². The van der Waals surface area contributed by atoms with E-state index in [4.69, 9.17) is 23.7 Å². The Morgan fingerprint density at radius 2 is 1.75 bits per heavy atom. The second-order valence-corrected chi connectivity index (χ2v) is 14.4. The van der Waals surface area contributed by atoms with Crippen molar-refractivity contribution in [2.45, 2.75) is 113 Å². The Bertz CT molecular complexity index is 1280. The van der Waals surface area contributed by atoms with Crippen molar-refractivity contribution >= 4 is 23.5 Å². The molecule has 6 saturated heterocycles. The lowest BCUT2D eigenvalue weighted by molar-refractivity contribution is -0.336. The van der Waals surface area contributed by atoms with E-state index in [2.05, 4.69) is 0 Å². The Morgan fingerprint density at radius 1 is 1.00 bits per heavy atom. The van der Waals surface area contributed by atoms with Crippen LogP contribution >= 0.6 is 0 Å². The number of aliphatic hydroxyl groups excluding tert-OH is 1. The van der Waals surface area contributed by atoms with Crippen molar-refractivity contribution in [1.29, 1.82) is 0 Å². The molecule has 40 heavy (non-hydrogen) atoms. The molecule has 3 spiro atoms. The van der Waals surface area contributed by atoms with Gasteiger partial charge in [-0.05, 0) is 46.5 Å². The van der Waals surface area contributed by atoms with E-state index in [1.807, 2.05) is 6.92 Å². The molecule has 11 nitrogen and oxygen atoms in total. The van der Waals surface area contributed by atoms with Gasteiger partial charge in [0.15, 0.2) is 11.6 Å². The number of ether oxygens (including phenoxy) is 5. The lowest BCUT2D eigenvalue weighted by Gasteiger charge is -2.50. The standard InChI is InChI=1S/C29H36O11/c1-12-18-19(36-22(12)33)17-20-24(2,23(34)26(17,4)35)7-8-27-10-28-14(6-5-13(27)21(32)29(20,39-18)40-27)25(3,11-30)37-15(28)9-16(31)38-28/h12-15,17-20,30,35H,5-11H2,1-4H3/t12-,13-,14-,15+,17+,18+,19+,20-,24-,25-,26+,27-,28+,29-/m0/s1. The molecule has 0 aromatic heterocycles. The predicted molar refractivity (Wildman–Crippen MR) is 130 cm³/mol. The van der Waals surface area contributed by atoms with Gasteiger partial charge in [-0.1, -0.05) is 6.92 Å². The van der Waals surface area contributed by atoms with Crippen LogP contribution in [0.3, 0.4) is 0 Å². The van der Waals surface area contributed by atoms with E-state index < -0.39 is 87.3 Å². The molecular formula is C29H36O11. The van der Waals surface area contributed by atoms with Crippen LogP contribution in [0, 0.1) is 35.0 Å². The summed E-state index contributed by atoms with van der Waals surface area (Å²) < 4.78 is 31.8. The number of Topliss-reactive ketones (excluding diaryl/α,β-unsaturated/α-hetero) is 2. The van der Waals surface area contributed by atoms with E-state index in [-0.39, 0.29) is 37.1 Å². The maximum absolute atomic E-state index is 14.8. The molecule has 0 unspecified atom stereocenters. The van der Waals surface area contributed by atoms with Gasteiger partial charge in [0.25, 0.3) is 0 Å². The Labute approximate surface area is 231 Å². The minimum absolute atomic E-state index is 0.0485. The lowest BCUT2D eigenvalue weighted by Crippen LogP contribution is -2.65. The maximum atomic E-state index is 14.8. The maximum Gasteiger partial charge on any atom is 0.311 e. The number of ketones is 2. The molecule has 2 bridgehead atoms. The summed E-state index contributed by atoms with van der Waals surface area (Å²) in [5.74, 6) is -6.86. The van der Waals surface area contributed by atoms with Crippen LogP contribution in [0.5, 0.6) is 0 Å². The highest BCUT2D eigenvalue weighted by Gasteiger charge is 2.85. The molecule has 14 atom stereocenters. The van der Waals surface area contributed by atoms with Crippen molar-refractivity contribution in [3.05, 3.63) is 0 Å². The molecule has 0 amide bonds. The fourth-order valence-electron chi connectivity index (χ4n) is 10.8. The smallest absolute Gasteiger partial charge is 0.311 e. The molecule has 8 aliphatic rings. The van der Waals surface area contributed by atoms with Crippen molar-refractivity contribution in [2.24, 2.45) is 35.0 Å². The second-order valence-electron chi connectivity index (χ2n) is 14.4. The fraction of sp³-hybridized carbons (Fsp3) is 0.862. The topological polar surface area (TPSA) is 155 Å². The molecule has 0 aromatic carbocycles. The normalized spacial score (nSPS) is 61.1. The zero-order valence-electron chi connectivity index (χ0n) is 23.1. The summed E-state index contributed by atoms with van der Waals surface area (Å²) in [5.41, 5.74) is -6.19. The molecule has 0 aromatic rings. The van der Waals surface area contributed by atoms with Crippen molar-refractivity contribution in [3.8, 4) is 0 Å². The summed E-state index contributed by atoms with van der Waals surface area (Å²) in [6, 6.07) is 0. The van der Waals surface area contributed by atoms with E-state index in [0.29, 0.717) is 25.7 Å². The van der Waals surface area contributed by atoms with Crippen LogP contribution in [0.1, 0.15) is 66.2 Å². The van der Waals surface area contributed by atoms with Crippen LogP contribution in [-0.2, 0) is 42.9 Å². The van der Waals surface area contributed by atoms with Crippen LogP contribution in [0.2, 0.25) is 0 Å². The molecule has 218 valence electrons. The van der Waals surface area contributed by atoms with Crippen LogP contribution in [0.25, 0.3) is 0 Å². The minimum atomic E-state index is -1.86. The van der Waals surface area contributed by atoms with Gasteiger partial charge in [0, 0.05) is 29.6 Å². The average molecular weight is 561 g/mol.